The SMILES string of the molecule is CCOC(=O)c1c[n+]2ccccc2[nH]1. The Morgan fingerprint density at radius 3 is 3.14 bits per heavy atom. The first-order valence-corrected chi connectivity index (χ1v) is 4.47. The number of carbonyl (C=O) groups is 1. The van der Waals surface area contributed by atoms with Gasteiger partial charge in [-0.2, -0.15) is 0 Å². The fraction of sp³-hybridized carbons (Fsp3) is 0.200. The van der Waals surface area contributed by atoms with Crippen molar-refractivity contribution >= 4 is 11.6 Å². The number of pyridine rings is 1. The van der Waals surface area contributed by atoms with Crippen molar-refractivity contribution in [1.82, 2.24) is 4.98 Å². The number of fused-ring (bicyclic) bond motifs is 1. The Hall–Kier alpha value is -1.84. The van der Waals surface area contributed by atoms with Gasteiger partial charge in [0.25, 0.3) is 11.3 Å². The second kappa shape index (κ2) is 3.49. The van der Waals surface area contributed by atoms with E-state index in [4.69, 9.17) is 4.74 Å². The van der Waals surface area contributed by atoms with Gasteiger partial charge in [-0.1, -0.05) is 6.07 Å². The van der Waals surface area contributed by atoms with E-state index < -0.39 is 0 Å². The van der Waals surface area contributed by atoms with Crippen molar-refractivity contribution in [2.24, 2.45) is 0 Å². The van der Waals surface area contributed by atoms with Crippen LogP contribution < -0.4 is 4.40 Å². The quantitative estimate of drug-likeness (QED) is 0.567. The highest BCUT2D eigenvalue weighted by atomic mass is 16.5. The van der Waals surface area contributed by atoms with E-state index in [9.17, 15) is 4.79 Å². The van der Waals surface area contributed by atoms with Crippen LogP contribution in [0.1, 0.15) is 17.4 Å². The van der Waals surface area contributed by atoms with Crippen LogP contribution in [0.4, 0.5) is 0 Å². The van der Waals surface area contributed by atoms with Crippen LogP contribution in [0.2, 0.25) is 0 Å². The van der Waals surface area contributed by atoms with E-state index in [1.807, 2.05) is 28.8 Å². The molecule has 4 heteroatoms. The zero-order valence-corrected chi connectivity index (χ0v) is 7.86. The second-order valence-corrected chi connectivity index (χ2v) is 2.88. The Morgan fingerprint density at radius 2 is 2.43 bits per heavy atom. The molecule has 2 rings (SSSR count). The number of aromatic nitrogens is 2. The molecule has 1 N–H and O–H groups in total. The number of ether oxygens (including phenoxy) is 1. The van der Waals surface area contributed by atoms with Crippen molar-refractivity contribution in [2.45, 2.75) is 6.92 Å². The van der Waals surface area contributed by atoms with E-state index in [2.05, 4.69) is 4.98 Å². The highest BCUT2D eigenvalue weighted by Gasteiger charge is 2.16. The maximum Gasteiger partial charge on any atom is 0.382 e. The molecule has 0 saturated heterocycles. The van der Waals surface area contributed by atoms with Crippen LogP contribution in [0, 0.1) is 0 Å². The molecule has 0 saturated carbocycles. The number of hydrogen-bond donors (Lipinski definition) is 1. The summed E-state index contributed by atoms with van der Waals surface area (Å²) in [4.78, 5) is 14.3. The normalized spacial score (nSPS) is 10.4. The Morgan fingerprint density at radius 1 is 1.57 bits per heavy atom. The smallest absolute Gasteiger partial charge is 0.382 e. The lowest BCUT2D eigenvalue weighted by Crippen LogP contribution is -2.16. The number of esters is 1. The van der Waals surface area contributed by atoms with E-state index in [-0.39, 0.29) is 5.97 Å². The molecule has 0 fully saturated rings. The van der Waals surface area contributed by atoms with Crippen LogP contribution >= 0.6 is 0 Å². The van der Waals surface area contributed by atoms with Gasteiger partial charge in [-0.05, 0) is 13.0 Å². The number of hydrogen-bond acceptors (Lipinski definition) is 2. The Balaban J connectivity index is 2.40. The van der Waals surface area contributed by atoms with Crippen LogP contribution in [0.5, 0.6) is 0 Å². The summed E-state index contributed by atoms with van der Waals surface area (Å²) in [6.45, 7) is 2.17. The number of nitrogens with zero attached hydrogens (tertiary/aromatic N) is 1. The zero-order valence-electron chi connectivity index (χ0n) is 7.86. The Kier molecular flexibility index (Phi) is 2.18. The number of carbonyl (C=O) groups excluding carboxylic acids is 1. The van der Waals surface area contributed by atoms with Crippen LogP contribution in [0.15, 0.2) is 30.6 Å². The summed E-state index contributed by atoms with van der Waals surface area (Å²) >= 11 is 0. The first-order valence-electron chi connectivity index (χ1n) is 4.47. The van der Waals surface area contributed by atoms with Gasteiger partial charge in [-0.25, -0.2) is 14.2 Å². The van der Waals surface area contributed by atoms with Gasteiger partial charge in [0.2, 0.25) is 0 Å². The van der Waals surface area contributed by atoms with Gasteiger partial charge in [0, 0.05) is 6.07 Å². The molecule has 0 atom stereocenters. The number of nitrogens with one attached hydrogen (secondary N) is 1. The predicted octanol–water partition coefficient (Wildman–Crippen LogP) is 0.930. The van der Waals surface area contributed by atoms with E-state index in [0.29, 0.717) is 12.3 Å². The summed E-state index contributed by atoms with van der Waals surface area (Å²) < 4.78 is 6.71. The molecule has 2 heterocycles. The third kappa shape index (κ3) is 1.46. The van der Waals surface area contributed by atoms with Gasteiger partial charge in [-0.3, -0.25) is 0 Å². The van der Waals surface area contributed by atoms with Crippen LogP contribution in [0.3, 0.4) is 0 Å². The maximum atomic E-state index is 11.3. The average Bonchev–Trinajstić information content (AvgIpc) is 2.61. The highest BCUT2D eigenvalue weighted by Crippen LogP contribution is 1.99. The highest BCUT2D eigenvalue weighted by molar-refractivity contribution is 5.87. The zero-order chi connectivity index (χ0) is 9.97. The largest absolute Gasteiger partial charge is 0.460 e. The lowest BCUT2D eigenvalue weighted by atomic mass is 10.5. The van der Waals surface area contributed by atoms with E-state index in [1.165, 1.54) is 0 Å². The van der Waals surface area contributed by atoms with Crippen LogP contribution in [0.25, 0.3) is 5.65 Å². The van der Waals surface area contributed by atoms with Gasteiger partial charge >= 0.3 is 5.97 Å². The minimum atomic E-state index is -0.323. The van der Waals surface area contributed by atoms with Crippen molar-refractivity contribution in [2.75, 3.05) is 6.61 Å². The number of aromatic amines is 1. The molecule has 0 amide bonds. The molecule has 72 valence electrons. The number of H-pyrrole nitrogens is 1. The van der Waals surface area contributed by atoms with Crippen molar-refractivity contribution in [3.63, 3.8) is 0 Å². The first-order chi connectivity index (χ1) is 6.81. The molecule has 0 radical (unpaired) electrons. The number of imidazole rings is 1. The summed E-state index contributed by atoms with van der Waals surface area (Å²) in [7, 11) is 0. The van der Waals surface area contributed by atoms with Gasteiger partial charge in [0.05, 0.1) is 12.8 Å². The maximum absolute atomic E-state index is 11.3. The molecule has 0 unspecified atom stereocenters. The topological polar surface area (TPSA) is 46.2 Å². The molecule has 0 bridgehead atoms. The third-order valence-electron chi connectivity index (χ3n) is 1.92. The summed E-state index contributed by atoms with van der Waals surface area (Å²) in [6.07, 6.45) is 3.59. The van der Waals surface area contributed by atoms with Gasteiger partial charge in [0.1, 0.15) is 0 Å². The molecule has 0 aliphatic heterocycles. The van der Waals surface area contributed by atoms with Crippen molar-refractivity contribution in [1.29, 1.82) is 0 Å². The molecule has 0 aliphatic rings. The molecule has 14 heavy (non-hydrogen) atoms. The second-order valence-electron chi connectivity index (χ2n) is 2.88. The molecular formula is C10H11N2O2+. The molecule has 4 nitrogen and oxygen atoms in total. The summed E-state index contributed by atoms with van der Waals surface area (Å²) in [6, 6.07) is 5.69. The van der Waals surface area contributed by atoms with Gasteiger partial charge in [0.15, 0.2) is 6.20 Å². The fourth-order valence-electron chi connectivity index (χ4n) is 1.30. The average molecular weight is 191 g/mol. The molecule has 0 aliphatic carbocycles. The van der Waals surface area contributed by atoms with Gasteiger partial charge in [-0.15, -0.1) is 0 Å². The minimum Gasteiger partial charge on any atom is -0.460 e. The summed E-state index contributed by atoms with van der Waals surface area (Å²) in [5, 5.41) is 0. The lowest BCUT2D eigenvalue weighted by molar-refractivity contribution is -0.510. The van der Waals surface area contributed by atoms with E-state index >= 15 is 0 Å². The van der Waals surface area contributed by atoms with Gasteiger partial charge < -0.3 is 4.74 Å². The van der Waals surface area contributed by atoms with E-state index in [0.717, 1.165) is 5.65 Å². The fourth-order valence-corrected chi connectivity index (χ4v) is 1.30. The monoisotopic (exact) mass is 191 g/mol. The van der Waals surface area contributed by atoms with E-state index in [1.54, 1.807) is 13.1 Å². The Bertz CT molecular complexity index is 429. The standard InChI is InChI=1S/C10H10N2O2/c1-2-14-10(13)8-7-12-6-4-3-5-9(12)11-8/h3-7H,2H2,1H3/p+1. The van der Waals surface area contributed by atoms with Crippen molar-refractivity contribution < 1.29 is 13.9 Å². The summed E-state index contributed by atoms with van der Waals surface area (Å²) in [5.41, 5.74) is 1.34. The third-order valence-corrected chi connectivity index (χ3v) is 1.92. The molecule has 2 aromatic rings. The first kappa shape index (κ1) is 8.74. The molecule has 2 aromatic heterocycles. The molecular weight excluding hydrogens is 180 g/mol. The minimum absolute atomic E-state index is 0.323. The molecule has 0 aromatic carbocycles. The van der Waals surface area contributed by atoms with Crippen LogP contribution in [-0.4, -0.2) is 17.6 Å². The van der Waals surface area contributed by atoms with Crippen LogP contribution in [-0.2, 0) is 4.74 Å². The van der Waals surface area contributed by atoms with Crippen molar-refractivity contribution in [3.05, 3.63) is 36.3 Å². The predicted molar refractivity (Wildman–Crippen MR) is 49.9 cm³/mol. The molecule has 0 spiro atoms. The summed E-state index contributed by atoms with van der Waals surface area (Å²) in [5.74, 6) is -0.323. The Labute approximate surface area is 81.1 Å². The van der Waals surface area contributed by atoms with Crippen molar-refractivity contribution in [3.8, 4) is 0 Å². The number of rotatable bonds is 2. The lowest BCUT2D eigenvalue weighted by Gasteiger charge is -1.92.